The molecule has 21 heavy (non-hydrogen) atoms. The fourth-order valence-electron chi connectivity index (χ4n) is 1.88. The number of halogens is 4. The highest BCUT2D eigenvalue weighted by atomic mass is 79.9. The van der Waals surface area contributed by atoms with E-state index in [1.165, 1.54) is 18.2 Å². The summed E-state index contributed by atoms with van der Waals surface area (Å²) in [5, 5.41) is 3.68. The number of carbonyl (C=O) groups excluding carboxylic acids is 1. The van der Waals surface area contributed by atoms with Crippen molar-refractivity contribution in [3.05, 3.63) is 67.9 Å². The lowest BCUT2D eigenvalue weighted by Gasteiger charge is -2.16. The highest BCUT2D eigenvalue weighted by molar-refractivity contribution is 9.10. The van der Waals surface area contributed by atoms with Crippen LogP contribution in [0.15, 0.2) is 40.9 Å². The third-order valence-corrected chi connectivity index (χ3v) is 4.01. The van der Waals surface area contributed by atoms with Crippen LogP contribution in [0.5, 0.6) is 0 Å². The summed E-state index contributed by atoms with van der Waals surface area (Å²) < 4.78 is 14.3. The quantitative estimate of drug-likeness (QED) is 0.748. The molecule has 1 N–H and O–H groups in total. The van der Waals surface area contributed by atoms with Crippen LogP contribution in [-0.2, 0) is 0 Å². The Morgan fingerprint density at radius 1 is 1.24 bits per heavy atom. The van der Waals surface area contributed by atoms with Crippen LogP contribution in [-0.4, -0.2) is 5.91 Å². The minimum Gasteiger partial charge on any atom is -0.345 e. The van der Waals surface area contributed by atoms with E-state index in [4.69, 9.17) is 23.2 Å². The summed E-state index contributed by atoms with van der Waals surface area (Å²) in [7, 11) is 0. The number of amides is 1. The van der Waals surface area contributed by atoms with Gasteiger partial charge in [-0.05, 0) is 42.8 Å². The predicted molar refractivity (Wildman–Crippen MR) is 86.4 cm³/mol. The molecule has 1 amide bonds. The molecule has 0 aliphatic heterocycles. The van der Waals surface area contributed by atoms with Crippen molar-refractivity contribution in [3.8, 4) is 0 Å². The van der Waals surface area contributed by atoms with E-state index in [1.807, 2.05) is 0 Å². The zero-order valence-corrected chi connectivity index (χ0v) is 14.1. The Morgan fingerprint density at radius 2 is 1.95 bits per heavy atom. The average molecular weight is 391 g/mol. The average Bonchev–Trinajstić information content (AvgIpc) is 2.41. The SMILES string of the molecule is CC(NC(=O)c1cc(Br)ccc1F)c1ccc(Cl)cc1Cl. The maximum absolute atomic E-state index is 13.7. The number of carbonyl (C=O) groups is 1. The molecule has 0 aromatic heterocycles. The summed E-state index contributed by atoms with van der Waals surface area (Å²) in [6, 6.07) is 8.84. The molecule has 2 aromatic carbocycles. The topological polar surface area (TPSA) is 29.1 Å². The summed E-state index contributed by atoms with van der Waals surface area (Å²) in [4.78, 5) is 12.1. The number of nitrogens with one attached hydrogen (secondary N) is 1. The normalized spacial score (nSPS) is 12.0. The summed E-state index contributed by atoms with van der Waals surface area (Å²) in [6.07, 6.45) is 0. The predicted octanol–water partition coefficient (Wildman–Crippen LogP) is 5.39. The summed E-state index contributed by atoms with van der Waals surface area (Å²) >= 11 is 15.1. The van der Waals surface area contributed by atoms with E-state index < -0.39 is 11.7 Å². The highest BCUT2D eigenvalue weighted by Gasteiger charge is 2.17. The van der Waals surface area contributed by atoms with E-state index in [2.05, 4.69) is 21.2 Å². The number of rotatable bonds is 3. The van der Waals surface area contributed by atoms with E-state index in [1.54, 1.807) is 25.1 Å². The second-order valence-corrected chi connectivity index (χ2v) is 6.24. The molecule has 0 bridgehead atoms. The molecule has 0 heterocycles. The summed E-state index contributed by atoms with van der Waals surface area (Å²) in [5.74, 6) is -1.09. The molecule has 0 fully saturated rings. The van der Waals surface area contributed by atoms with Crippen LogP contribution in [0.1, 0.15) is 28.9 Å². The van der Waals surface area contributed by atoms with Crippen molar-refractivity contribution in [2.45, 2.75) is 13.0 Å². The maximum Gasteiger partial charge on any atom is 0.254 e. The molecule has 2 aromatic rings. The molecular weight excluding hydrogens is 380 g/mol. The first-order chi connectivity index (χ1) is 9.88. The number of hydrogen-bond donors (Lipinski definition) is 1. The smallest absolute Gasteiger partial charge is 0.254 e. The minimum atomic E-state index is -0.579. The van der Waals surface area contributed by atoms with Gasteiger partial charge < -0.3 is 5.32 Å². The van der Waals surface area contributed by atoms with Gasteiger partial charge in [0.15, 0.2) is 0 Å². The maximum atomic E-state index is 13.7. The molecule has 2 nitrogen and oxygen atoms in total. The van der Waals surface area contributed by atoms with Crippen LogP contribution in [0, 0.1) is 5.82 Å². The first-order valence-electron chi connectivity index (χ1n) is 6.09. The summed E-state index contributed by atoms with van der Waals surface area (Å²) in [6.45, 7) is 1.77. The zero-order valence-electron chi connectivity index (χ0n) is 11.0. The molecule has 2 rings (SSSR count). The van der Waals surface area contributed by atoms with Gasteiger partial charge in [-0.25, -0.2) is 4.39 Å². The lowest BCUT2D eigenvalue weighted by molar-refractivity contribution is 0.0936. The van der Waals surface area contributed by atoms with Crippen molar-refractivity contribution >= 4 is 45.0 Å². The first kappa shape index (κ1) is 16.3. The van der Waals surface area contributed by atoms with Gasteiger partial charge in [0.05, 0.1) is 11.6 Å². The Bertz CT molecular complexity index is 693. The van der Waals surface area contributed by atoms with Gasteiger partial charge in [0, 0.05) is 14.5 Å². The van der Waals surface area contributed by atoms with Gasteiger partial charge in [0.2, 0.25) is 0 Å². The van der Waals surface area contributed by atoms with Gasteiger partial charge in [-0.15, -0.1) is 0 Å². The Morgan fingerprint density at radius 3 is 2.62 bits per heavy atom. The standard InChI is InChI=1S/C15H11BrCl2FNO/c1-8(11-4-3-10(17)7-13(11)18)20-15(21)12-6-9(16)2-5-14(12)19/h2-8H,1H3,(H,20,21). The molecule has 0 aliphatic carbocycles. The van der Waals surface area contributed by atoms with E-state index in [-0.39, 0.29) is 11.6 Å². The molecule has 1 unspecified atom stereocenters. The van der Waals surface area contributed by atoms with E-state index in [0.717, 1.165) is 0 Å². The molecule has 6 heteroatoms. The lowest BCUT2D eigenvalue weighted by Crippen LogP contribution is -2.27. The van der Waals surface area contributed by atoms with E-state index in [9.17, 15) is 9.18 Å². The van der Waals surface area contributed by atoms with E-state index in [0.29, 0.717) is 20.1 Å². The minimum absolute atomic E-state index is 0.0266. The largest absolute Gasteiger partial charge is 0.345 e. The Hall–Kier alpha value is -1.10. The van der Waals surface area contributed by atoms with Crippen molar-refractivity contribution in [1.29, 1.82) is 0 Å². The molecule has 0 saturated carbocycles. The van der Waals surface area contributed by atoms with E-state index >= 15 is 0 Å². The fraction of sp³-hybridized carbons (Fsp3) is 0.133. The molecule has 1 atom stereocenters. The third kappa shape index (κ3) is 3.96. The first-order valence-corrected chi connectivity index (χ1v) is 7.64. The monoisotopic (exact) mass is 389 g/mol. The Balaban J connectivity index is 2.20. The molecule has 0 spiro atoms. The second kappa shape index (κ2) is 6.77. The van der Waals surface area contributed by atoms with Crippen molar-refractivity contribution in [2.75, 3.05) is 0 Å². The van der Waals surface area contributed by atoms with Gasteiger partial charge in [-0.3, -0.25) is 4.79 Å². The number of hydrogen-bond acceptors (Lipinski definition) is 1. The van der Waals surface area contributed by atoms with Crippen molar-refractivity contribution < 1.29 is 9.18 Å². The van der Waals surface area contributed by atoms with Crippen LogP contribution >= 0.6 is 39.1 Å². The van der Waals surface area contributed by atoms with Gasteiger partial charge in [-0.1, -0.05) is 45.2 Å². The van der Waals surface area contributed by atoms with Crippen LogP contribution in [0.4, 0.5) is 4.39 Å². The van der Waals surface area contributed by atoms with Crippen LogP contribution < -0.4 is 5.32 Å². The van der Waals surface area contributed by atoms with Crippen molar-refractivity contribution in [1.82, 2.24) is 5.32 Å². The molecular formula is C15H11BrCl2FNO. The van der Waals surface area contributed by atoms with Crippen LogP contribution in [0.2, 0.25) is 10.0 Å². The highest BCUT2D eigenvalue weighted by Crippen LogP contribution is 2.26. The molecule has 110 valence electrons. The third-order valence-electron chi connectivity index (χ3n) is 2.95. The van der Waals surface area contributed by atoms with Gasteiger partial charge in [-0.2, -0.15) is 0 Å². The Labute approximate surface area is 140 Å². The van der Waals surface area contributed by atoms with Gasteiger partial charge >= 0.3 is 0 Å². The van der Waals surface area contributed by atoms with Gasteiger partial charge in [0.1, 0.15) is 5.82 Å². The fourth-order valence-corrected chi connectivity index (χ4v) is 2.81. The molecule has 0 saturated heterocycles. The van der Waals surface area contributed by atoms with Crippen LogP contribution in [0.25, 0.3) is 0 Å². The van der Waals surface area contributed by atoms with Gasteiger partial charge in [0.25, 0.3) is 5.91 Å². The van der Waals surface area contributed by atoms with Crippen LogP contribution in [0.3, 0.4) is 0 Å². The number of benzene rings is 2. The van der Waals surface area contributed by atoms with Crippen molar-refractivity contribution in [2.24, 2.45) is 0 Å². The van der Waals surface area contributed by atoms with Crippen molar-refractivity contribution in [3.63, 3.8) is 0 Å². The lowest BCUT2D eigenvalue weighted by atomic mass is 10.1. The Kier molecular flexibility index (Phi) is 5.25. The second-order valence-electron chi connectivity index (χ2n) is 4.49. The molecule has 0 aliphatic rings. The molecule has 0 radical (unpaired) electrons. The zero-order chi connectivity index (χ0) is 15.6. The summed E-state index contributed by atoms with van der Waals surface area (Å²) in [5.41, 5.74) is 0.686.